The molecule has 0 unspecified atom stereocenters. The lowest BCUT2D eigenvalue weighted by Crippen LogP contribution is -2.31. The number of carbonyl (C=O) groups excluding carboxylic acids is 2. The smallest absolute Gasteiger partial charge is 0.260 e. The standard InChI is InChI=1S/C16H18N2O4S/c1-18(9-12-4-3-7-23-12)15(19)10-22-14-8-11(21-2)5-6-13(14)16(17)20/h3-8H,9-10H2,1-2H3,(H2,17,20). The van der Waals surface area contributed by atoms with Crippen LogP contribution in [-0.4, -0.2) is 37.5 Å². The highest BCUT2D eigenvalue weighted by Gasteiger charge is 2.15. The van der Waals surface area contributed by atoms with Crippen molar-refractivity contribution in [1.29, 1.82) is 0 Å². The number of nitrogens with zero attached hydrogens (tertiary/aromatic N) is 1. The molecular formula is C16H18N2O4S. The molecular weight excluding hydrogens is 316 g/mol. The van der Waals surface area contributed by atoms with Crippen molar-refractivity contribution < 1.29 is 19.1 Å². The molecule has 122 valence electrons. The maximum Gasteiger partial charge on any atom is 0.260 e. The number of nitrogens with two attached hydrogens (primary N) is 1. The third kappa shape index (κ3) is 4.46. The molecule has 2 rings (SSSR count). The summed E-state index contributed by atoms with van der Waals surface area (Å²) in [7, 11) is 3.20. The Balaban J connectivity index is 2.01. The van der Waals surface area contributed by atoms with Crippen LogP contribution in [0.5, 0.6) is 11.5 Å². The Labute approximate surface area is 138 Å². The van der Waals surface area contributed by atoms with Crippen LogP contribution in [0.3, 0.4) is 0 Å². The molecule has 23 heavy (non-hydrogen) atoms. The molecule has 0 radical (unpaired) electrons. The summed E-state index contributed by atoms with van der Waals surface area (Å²) in [6, 6.07) is 8.55. The Hall–Kier alpha value is -2.54. The molecule has 0 saturated carbocycles. The highest BCUT2D eigenvalue weighted by Crippen LogP contribution is 2.24. The fourth-order valence-electron chi connectivity index (χ4n) is 1.93. The summed E-state index contributed by atoms with van der Waals surface area (Å²) >= 11 is 1.58. The highest BCUT2D eigenvalue weighted by molar-refractivity contribution is 7.09. The first kappa shape index (κ1) is 16.8. The number of thiophene rings is 1. The molecule has 0 bridgehead atoms. The molecule has 0 aliphatic heterocycles. The molecule has 2 N–H and O–H groups in total. The van der Waals surface area contributed by atoms with Crippen LogP contribution in [0.25, 0.3) is 0 Å². The molecule has 0 aliphatic rings. The average Bonchev–Trinajstić information content (AvgIpc) is 3.04. The first-order chi connectivity index (χ1) is 11.0. The van der Waals surface area contributed by atoms with Gasteiger partial charge in [-0.3, -0.25) is 9.59 Å². The van der Waals surface area contributed by atoms with Crippen molar-refractivity contribution in [3.63, 3.8) is 0 Å². The second-order valence-corrected chi connectivity index (χ2v) is 5.88. The predicted molar refractivity (Wildman–Crippen MR) is 87.8 cm³/mol. The summed E-state index contributed by atoms with van der Waals surface area (Å²) in [5.74, 6) is -0.0715. The Bertz CT molecular complexity index is 685. The van der Waals surface area contributed by atoms with Crippen LogP contribution in [0.1, 0.15) is 15.2 Å². The molecule has 0 atom stereocenters. The lowest BCUT2D eigenvalue weighted by molar-refractivity contribution is -0.132. The number of primary amides is 1. The molecule has 1 heterocycles. The fraction of sp³-hybridized carbons (Fsp3) is 0.250. The summed E-state index contributed by atoms with van der Waals surface area (Å²) in [6.45, 7) is 0.329. The maximum absolute atomic E-state index is 12.1. The molecule has 0 spiro atoms. The number of likely N-dealkylation sites (N-methyl/N-ethyl adjacent to an activating group) is 1. The van der Waals surface area contributed by atoms with Crippen LogP contribution in [-0.2, 0) is 11.3 Å². The van der Waals surface area contributed by atoms with E-state index in [1.165, 1.54) is 19.2 Å². The predicted octanol–water partition coefficient (Wildman–Crippen LogP) is 1.89. The average molecular weight is 334 g/mol. The number of amides is 2. The normalized spacial score (nSPS) is 10.2. The highest BCUT2D eigenvalue weighted by atomic mass is 32.1. The van der Waals surface area contributed by atoms with E-state index in [4.69, 9.17) is 15.2 Å². The summed E-state index contributed by atoms with van der Waals surface area (Å²) in [6.07, 6.45) is 0. The summed E-state index contributed by atoms with van der Waals surface area (Å²) in [5, 5.41) is 1.96. The quantitative estimate of drug-likeness (QED) is 0.838. The van der Waals surface area contributed by atoms with Crippen molar-refractivity contribution >= 4 is 23.2 Å². The maximum atomic E-state index is 12.1. The van der Waals surface area contributed by atoms with Gasteiger partial charge in [-0.15, -0.1) is 11.3 Å². The van der Waals surface area contributed by atoms with Crippen molar-refractivity contribution in [2.45, 2.75) is 6.54 Å². The molecule has 6 nitrogen and oxygen atoms in total. The van der Waals surface area contributed by atoms with Gasteiger partial charge in [0, 0.05) is 18.0 Å². The molecule has 1 aromatic carbocycles. The first-order valence-corrected chi connectivity index (χ1v) is 7.76. The van der Waals surface area contributed by atoms with E-state index in [1.54, 1.807) is 29.4 Å². The lowest BCUT2D eigenvalue weighted by atomic mass is 10.2. The first-order valence-electron chi connectivity index (χ1n) is 6.88. The number of methoxy groups -OCH3 is 1. The third-order valence-electron chi connectivity index (χ3n) is 3.20. The molecule has 7 heteroatoms. The Morgan fingerprint density at radius 3 is 2.70 bits per heavy atom. The van der Waals surface area contributed by atoms with Crippen LogP contribution < -0.4 is 15.2 Å². The van der Waals surface area contributed by atoms with Gasteiger partial charge in [0.25, 0.3) is 11.8 Å². The van der Waals surface area contributed by atoms with Crippen molar-refractivity contribution in [2.75, 3.05) is 20.8 Å². The lowest BCUT2D eigenvalue weighted by Gasteiger charge is -2.17. The zero-order valence-corrected chi connectivity index (χ0v) is 13.8. The zero-order valence-electron chi connectivity index (χ0n) is 12.9. The monoisotopic (exact) mass is 334 g/mol. The van der Waals surface area contributed by atoms with Gasteiger partial charge in [-0.25, -0.2) is 0 Å². The van der Waals surface area contributed by atoms with Crippen molar-refractivity contribution in [1.82, 2.24) is 4.90 Å². The fourth-order valence-corrected chi connectivity index (χ4v) is 2.68. The van der Waals surface area contributed by atoms with Crippen LogP contribution in [0, 0.1) is 0 Å². The topological polar surface area (TPSA) is 81.9 Å². The van der Waals surface area contributed by atoms with E-state index in [9.17, 15) is 9.59 Å². The van der Waals surface area contributed by atoms with Crippen molar-refractivity contribution in [3.05, 3.63) is 46.2 Å². The molecule has 2 amide bonds. The SMILES string of the molecule is COc1ccc(C(N)=O)c(OCC(=O)N(C)Cc2cccs2)c1. The van der Waals surface area contributed by atoms with Gasteiger partial charge in [0.05, 0.1) is 19.2 Å². The number of hydrogen-bond acceptors (Lipinski definition) is 5. The van der Waals surface area contributed by atoms with E-state index in [2.05, 4.69) is 0 Å². The molecule has 1 aromatic heterocycles. The van der Waals surface area contributed by atoms with Crippen molar-refractivity contribution in [2.24, 2.45) is 5.73 Å². The van der Waals surface area contributed by atoms with Gasteiger partial charge in [-0.2, -0.15) is 0 Å². The van der Waals surface area contributed by atoms with E-state index in [-0.39, 0.29) is 23.8 Å². The molecule has 0 aliphatic carbocycles. The summed E-state index contributed by atoms with van der Waals surface area (Å²) < 4.78 is 10.6. The number of carbonyl (C=O) groups is 2. The number of benzene rings is 1. The van der Waals surface area contributed by atoms with E-state index in [0.29, 0.717) is 12.3 Å². The second-order valence-electron chi connectivity index (χ2n) is 4.84. The number of rotatable bonds is 7. The van der Waals surface area contributed by atoms with E-state index in [1.807, 2.05) is 17.5 Å². The second kappa shape index (κ2) is 7.64. The molecule has 0 saturated heterocycles. The molecule has 0 fully saturated rings. The summed E-state index contributed by atoms with van der Waals surface area (Å²) in [4.78, 5) is 26.2. The van der Waals surface area contributed by atoms with Crippen LogP contribution in [0.4, 0.5) is 0 Å². The zero-order chi connectivity index (χ0) is 16.8. The van der Waals surface area contributed by atoms with Gasteiger partial charge in [0.1, 0.15) is 11.5 Å². The minimum Gasteiger partial charge on any atom is -0.497 e. The van der Waals surface area contributed by atoms with Gasteiger partial charge in [0.2, 0.25) is 0 Å². The van der Waals surface area contributed by atoms with Crippen LogP contribution >= 0.6 is 11.3 Å². The van der Waals surface area contributed by atoms with E-state index < -0.39 is 5.91 Å². The van der Waals surface area contributed by atoms with Crippen molar-refractivity contribution in [3.8, 4) is 11.5 Å². The third-order valence-corrected chi connectivity index (χ3v) is 4.07. The van der Waals surface area contributed by atoms with Gasteiger partial charge in [-0.1, -0.05) is 6.07 Å². The largest absolute Gasteiger partial charge is 0.497 e. The summed E-state index contributed by atoms with van der Waals surface area (Å²) in [5.41, 5.74) is 5.52. The number of hydrogen-bond donors (Lipinski definition) is 1. The number of ether oxygens (including phenoxy) is 2. The van der Waals surface area contributed by atoms with Crippen LogP contribution in [0.15, 0.2) is 35.7 Å². The minimum atomic E-state index is -0.623. The van der Waals surface area contributed by atoms with Gasteiger partial charge in [-0.05, 0) is 23.6 Å². The van der Waals surface area contributed by atoms with Crippen LogP contribution in [0.2, 0.25) is 0 Å². The minimum absolute atomic E-state index is 0.185. The Morgan fingerprint density at radius 2 is 2.09 bits per heavy atom. The van der Waals surface area contributed by atoms with E-state index >= 15 is 0 Å². The van der Waals surface area contributed by atoms with Gasteiger partial charge in [0.15, 0.2) is 6.61 Å². The Morgan fingerprint density at radius 1 is 1.30 bits per heavy atom. The van der Waals surface area contributed by atoms with Gasteiger partial charge >= 0.3 is 0 Å². The Kier molecular flexibility index (Phi) is 5.59. The van der Waals surface area contributed by atoms with Gasteiger partial charge < -0.3 is 20.1 Å². The van der Waals surface area contributed by atoms with E-state index in [0.717, 1.165) is 4.88 Å². The molecule has 2 aromatic rings.